The van der Waals surface area contributed by atoms with E-state index in [1.807, 2.05) is 54.6 Å². The number of carbonyl (C=O) groups is 4. The van der Waals surface area contributed by atoms with Gasteiger partial charge in [-0.2, -0.15) is 5.26 Å². The van der Waals surface area contributed by atoms with Crippen molar-refractivity contribution in [2.45, 2.75) is 215 Å². The van der Waals surface area contributed by atoms with Gasteiger partial charge < -0.3 is 52.4 Å². The van der Waals surface area contributed by atoms with Gasteiger partial charge in [-0.15, -0.1) is 0 Å². The highest BCUT2D eigenvalue weighted by molar-refractivity contribution is 5.90. The number of nitriles is 1. The molecule has 4 aromatic carbocycles. The van der Waals surface area contributed by atoms with Crippen molar-refractivity contribution in [2.24, 2.45) is 0 Å². The zero-order chi connectivity index (χ0) is 69.5. The summed E-state index contributed by atoms with van der Waals surface area (Å²) in [7, 11) is 0. The largest absolute Gasteiger partial charge is 0.493 e. The second kappa shape index (κ2) is 43.8. The van der Waals surface area contributed by atoms with E-state index in [1.54, 1.807) is 0 Å². The molecule has 0 saturated heterocycles. The first-order valence-electron chi connectivity index (χ1n) is 34.5. The summed E-state index contributed by atoms with van der Waals surface area (Å²) in [5, 5.41) is 9.52. The van der Waals surface area contributed by atoms with E-state index in [9.17, 15) is 24.4 Å². The second-order valence-electron chi connectivity index (χ2n) is 24.7. The quantitative estimate of drug-likeness (QED) is 0.0118. The minimum atomic E-state index is -0.711. The fourth-order valence-electron chi connectivity index (χ4n) is 11.4. The monoisotopic (exact) mass is 1310 g/mol. The Kier molecular flexibility index (Phi) is 35.4. The predicted octanol–water partition coefficient (Wildman–Crippen LogP) is 17.8. The van der Waals surface area contributed by atoms with E-state index >= 15 is 0 Å². The van der Waals surface area contributed by atoms with Crippen molar-refractivity contribution in [2.75, 3.05) is 46.1 Å². The van der Waals surface area contributed by atoms with Gasteiger partial charge in [0.2, 0.25) is 19.6 Å². The van der Waals surface area contributed by atoms with Crippen molar-refractivity contribution in [3.63, 3.8) is 0 Å². The molecule has 0 aliphatic heterocycles. The molecule has 0 atom stereocenters. The van der Waals surface area contributed by atoms with E-state index in [2.05, 4.69) is 68.5 Å². The standard InChI is InChI=1S/C80H100N4O12/c1-12-16-20-24-28-34-89-73-65-38-61(53-93-77(85)57(5)32-33-81)39-66(73)47-68-41-63(55-95-79(87)59(7)51-83-10)43-70(75(68)91-36-30-26-22-18-14-3)49-72-45-64(56-96-80(88)60(8)52-84-11)44-71(76(72)92-37-31-27-23-19-15-4)48-69-42-62(54-94-78(86)58(6)50-82-9)40-67(46-65)74(69)90-35-29-25-21-17-13-2/h38-45H,5-8,12-32,34-37,46-56H2,1-4H3. The molecule has 0 saturated carbocycles. The molecule has 0 heterocycles. The predicted molar refractivity (Wildman–Crippen MR) is 374 cm³/mol. The summed E-state index contributed by atoms with van der Waals surface area (Å²) in [6.45, 7) is 46.5. The summed E-state index contributed by atoms with van der Waals surface area (Å²) in [5.41, 5.74) is 8.42. The highest BCUT2D eigenvalue weighted by atomic mass is 16.5. The third kappa shape index (κ3) is 26.2. The number of carbonyl (C=O) groups excluding carboxylic acids is 4. The highest BCUT2D eigenvalue weighted by Gasteiger charge is 2.27. The van der Waals surface area contributed by atoms with Gasteiger partial charge in [-0.25, -0.2) is 38.9 Å². The fraction of sp³-hybridized carbons (Fsp3) is 0.500. The third-order valence-electron chi connectivity index (χ3n) is 16.4. The van der Waals surface area contributed by atoms with Crippen LogP contribution in [-0.4, -0.2) is 69.9 Å². The third-order valence-corrected chi connectivity index (χ3v) is 16.4. The molecule has 96 heavy (non-hydrogen) atoms. The van der Waals surface area contributed by atoms with E-state index in [4.69, 9.17) is 57.6 Å². The molecule has 1 aliphatic rings. The van der Waals surface area contributed by atoms with E-state index in [0.717, 1.165) is 173 Å². The summed E-state index contributed by atoms with van der Waals surface area (Å²) >= 11 is 0. The molecule has 1 aliphatic carbocycles. The molecule has 0 spiro atoms. The first-order chi connectivity index (χ1) is 46.6. The lowest BCUT2D eigenvalue weighted by atomic mass is 9.88. The van der Waals surface area contributed by atoms with Crippen LogP contribution in [0.1, 0.15) is 229 Å². The zero-order valence-electron chi connectivity index (χ0n) is 57.6. The van der Waals surface area contributed by atoms with Gasteiger partial charge in [-0.3, -0.25) is 0 Å². The lowest BCUT2D eigenvalue weighted by Crippen LogP contribution is -2.14. The highest BCUT2D eigenvalue weighted by Crippen LogP contribution is 2.42. The van der Waals surface area contributed by atoms with Gasteiger partial charge in [0.25, 0.3) is 0 Å². The number of unbranched alkanes of at least 4 members (excludes halogenated alkanes) is 16. The minimum Gasteiger partial charge on any atom is -0.493 e. The maximum atomic E-state index is 13.5. The summed E-state index contributed by atoms with van der Waals surface area (Å²) in [6.07, 6.45) is 20.2. The van der Waals surface area contributed by atoms with E-state index in [0.29, 0.717) is 71.7 Å². The first kappa shape index (κ1) is 77.6. The normalized spacial score (nSPS) is 11.3. The van der Waals surface area contributed by atoms with Gasteiger partial charge in [0, 0.05) is 31.3 Å². The van der Waals surface area contributed by atoms with Crippen LogP contribution in [-0.2, 0) is 90.2 Å². The Morgan fingerprint density at radius 2 is 0.573 bits per heavy atom. The van der Waals surface area contributed by atoms with Crippen LogP contribution in [0.2, 0.25) is 0 Å². The molecule has 16 heteroatoms. The lowest BCUT2D eigenvalue weighted by molar-refractivity contribution is -0.141. The SMILES string of the molecule is [C-]#[N+]CC(=C)C(=O)OCc1cc2c(OCCCCCCC)c(c1)Cc1cc(COC(=O)C(=C)C[N+]#[C-])cc(c1OCCCCCCC)Cc1cc(COC(=O)C(=C)C[N+]#[C-])cc(c1OCCCCCCC)Cc1cc(COC(=O)C(=C)CC#N)cc(c1OCCCCCCC)C2. The van der Waals surface area contributed by atoms with E-state index in [-0.39, 0.29) is 100 Å². The summed E-state index contributed by atoms with van der Waals surface area (Å²) in [5.74, 6) is -0.434. The topological polar surface area (TPSA) is 179 Å². The molecule has 0 amide bonds. The molecule has 0 aromatic heterocycles. The molecule has 16 nitrogen and oxygen atoms in total. The number of esters is 4. The van der Waals surface area contributed by atoms with Crippen molar-refractivity contribution in [1.29, 1.82) is 5.26 Å². The maximum Gasteiger partial charge on any atom is 0.341 e. The van der Waals surface area contributed by atoms with E-state index in [1.165, 1.54) is 0 Å². The first-order valence-corrected chi connectivity index (χ1v) is 34.5. The Hall–Kier alpha value is -9.12. The average Bonchev–Trinajstić information content (AvgIpc) is 0.966. The van der Waals surface area contributed by atoms with Crippen LogP contribution in [0.4, 0.5) is 0 Å². The Morgan fingerprint density at radius 1 is 0.365 bits per heavy atom. The molecule has 5 rings (SSSR count). The number of hydrogen-bond acceptors (Lipinski definition) is 13. The lowest BCUT2D eigenvalue weighted by Gasteiger charge is -2.25. The smallest absolute Gasteiger partial charge is 0.341 e. The van der Waals surface area contributed by atoms with E-state index < -0.39 is 23.9 Å². The van der Waals surface area contributed by atoms with Crippen molar-refractivity contribution < 1.29 is 57.1 Å². The van der Waals surface area contributed by atoms with Crippen LogP contribution in [0.5, 0.6) is 23.0 Å². The molecule has 8 bridgehead atoms. The van der Waals surface area contributed by atoms with Gasteiger partial charge >= 0.3 is 23.9 Å². The van der Waals surface area contributed by atoms with Crippen LogP contribution < -0.4 is 18.9 Å². The summed E-state index contributed by atoms with van der Waals surface area (Å²) < 4.78 is 52.4. The number of nitrogens with zero attached hydrogens (tertiary/aromatic N) is 4. The van der Waals surface area contributed by atoms with Crippen molar-refractivity contribution in [1.82, 2.24) is 0 Å². The van der Waals surface area contributed by atoms with Gasteiger partial charge in [-0.05, 0) is 141 Å². The van der Waals surface area contributed by atoms with Crippen LogP contribution in [0.3, 0.4) is 0 Å². The van der Waals surface area contributed by atoms with Crippen molar-refractivity contribution in [3.05, 3.63) is 198 Å². The number of fused-ring (bicyclic) bond motifs is 8. The summed E-state index contributed by atoms with van der Waals surface area (Å²) in [6, 6.07) is 17.8. The van der Waals surface area contributed by atoms with Crippen molar-refractivity contribution >= 4 is 23.9 Å². The van der Waals surface area contributed by atoms with Crippen molar-refractivity contribution in [3.8, 4) is 29.1 Å². The Labute approximate surface area is 571 Å². The van der Waals surface area contributed by atoms with Crippen LogP contribution in [0.25, 0.3) is 14.5 Å². The second-order valence-corrected chi connectivity index (χ2v) is 24.7. The van der Waals surface area contributed by atoms with Gasteiger partial charge in [-0.1, -0.05) is 157 Å². The summed E-state index contributed by atoms with van der Waals surface area (Å²) in [4.78, 5) is 64.2. The van der Waals surface area contributed by atoms with Crippen LogP contribution in [0, 0.1) is 31.0 Å². The number of benzene rings is 4. The molecular formula is C80H100N4O12. The zero-order valence-corrected chi connectivity index (χ0v) is 57.6. The molecular weight excluding hydrogens is 1210 g/mol. The van der Waals surface area contributed by atoms with Gasteiger partial charge in [0.05, 0.1) is 38.9 Å². The van der Waals surface area contributed by atoms with Crippen LogP contribution in [0.15, 0.2) is 97.1 Å². The molecule has 0 radical (unpaired) electrons. The molecule has 0 N–H and O–H groups in total. The number of ether oxygens (including phenoxy) is 8. The molecule has 0 unspecified atom stereocenters. The number of hydrogen-bond donors (Lipinski definition) is 0. The molecule has 512 valence electrons. The minimum absolute atomic E-state index is 0.0156. The average molecular weight is 1310 g/mol. The Morgan fingerprint density at radius 3 is 0.771 bits per heavy atom. The molecule has 0 fully saturated rings. The Bertz CT molecular complexity index is 2930. The van der Waals surface area contributed by atoms with Crippen LogP contribution >= 0.6 is 0 Å². The maximum absolute atomic E-state index is 13.5. The fourth-order valence-corrected chi connectivity index (χ4v) is 11.4. The number of rotatable bonds is 44. The van der Waals surface area contributed by atoms with Gasteiger partial charge in [0.1, 0.15) is 66.1 Å². The Balaban J connectivity index is 2.00. The molecule has 4 aromatic rings. The van der Waals surface area contributed by atoms with Gasteiger partial charge in [0.15, 0.2) is 0 Å².